The fourth-order valence-electron chi connectivity index (χ4n) is 4.31. The molecule has 0 bridgehead atoms. The number of hydrogen-bond donors (Lipinski definition) is 0. The zero-order valence-corrected chi connectivity index (χ0v) is 17.5. The van der Waals surface area contributed by atoms with Crippen molar-refractivity contribution in [3.05, 3.63) is 87.7 Å². The van der Waals surface area contributed by atoms with Crippen molar-refractivity contribution in [2.45, 2.75) is 32.0 Å². The highest BCUT2D eigenvalue weighted by molar-refractivity contribution is 5.69. The monoisotopic (exact) mass is 405 g/mol. The maximum absolute atomic E-state index is 11.3. The van der Waals surface area contributed by atoms with Gasteiger partial charge in [0, 0.05) is 18.7 Å². The van der Waals surface area contributed by atoms with Gasteiger partial charge >= 0.3 is 0 Å². The van der Waals surface area contributed by atoms with Gasteiger partial charge in [0.25, 0.3) is 5.69 Å². The molecule has 2 aromatic carbocycles. The number of nitrogens with zero attached hydrogens (tertiary/aromatic N) is 3. The Morgan fingerprint density at radius 2 is 1.97 bits per heavy atom. The summed E-state index contributed by atoms with van der Waals surface area (Å²) in [5.74, 6) is 1.38. The van der Waals surface area contributed by atoms with Crippen LogP contribution in [-0.4, -0.2) is 35.4 Å². The van der Waals surface area contributed by atoms with Crippen molar-refractivity contribution in [1.82, 2.24) is 9.80 Å². The predicted molar refractivity (Wildman–Crippen MR) is 117 cm³/mol. The van der Waals surface area contributed by atoms with Crippen LogP contribution in [0.5, 0.6) is 0 Å². The minimum atomic E-state index is -0.366. The summed E-state index contributed by atoms with van der Waals surface area (Å²) in [7, 11) is 4.17. The molecule has 2 heterocycles. The third-order valence-corrected chi connectivity index (χ3v) is 5.59. The van der Waals surface area contributed by atoms with E-state index in [1.165, 1.54) is 17.2 Å². The third-order valence-electron chi connectivity index (χ3n) is 5.59. The highest BCUT2D eigenvalue weighted by atomic mass is 16.6. The third kappa shape index (κ3) is 4.45. The summed E-state index contributed by atoms with van der Waals surface area (Å²) in [6, 6.07) is 19.7. The van der Waals surface area contributed by atoms with Crippen LogP contribution >= 0.6 is 0 Å². The van der Waals surface area contributed by atoms with Crippen LogP contribution in [0.3, 0.4) is 0 Å². The first kappa shape index (κ1) is 20.3. The lowest BCUT2D eigenvalue weighted by atomic mass is 10.0. The summed E-state index contributed by atoms with van der Waals surface area (Å²) in [5, 5.41) is 11.3. The molecular formula is C24H27N3O3. The summed E-state index contributed by atoms with van der Waals surface area (Å²) in [5.41, 5.74) is 3.25. The first-order valence-electron chi connectivity index (χ1n) is 10.3. The van der Waals surface area contributed by atoms with Crippen LogP contribution in [0, 0.1) is 10.1 Å². The normalized spacial score (nSPS) is 17.0. The summed E-state index contributed by atoms with van der Waals surface area (Å²) < 4.78 is 6.03. The van der Waals surface area contributed by atoms with E-state index in [9.17, 15) is 10.1 Å². The van der Waals surface area contributed by atoms with Crippen molar-refractivity contribution in [2.75, 3.05) is 20.6 Å². The van der Waals surface area contributed by atoms with Crippen LogP contribution in [0.4, 0.5) is 5.69 Å². The maximum atomic E-state index is 11.3. The Hall–Kier alpha value is -2.96. The molecule has 1 saturated heterocycles. The molecule has 0 radical (unpaired) electrons. The lowest BCUT2D eigenvalue weighted by molar-refractivity contribution is -0.384. The number of furan rings is 1. The highest BCUT2D eigenvalue weighted by Crippen LogP contribution is 2.35. The number of rotatable bonds is 7. The molecule has 1 aromatic heterocycles. The number of nitro groups is 1. The van der Waals surface area contributed by atoms with Crippen molar-refractivity contribution in [3.63, 3.8) is 0 Å². The molecule has 1 fully saturated rings. The van der Waals surface area contributed by atoms with Crippen LogP contribution in [0.1, 0.15) is 35.8 Å². The van der Waals surface area contributed by atoms with E-state index in [4.69, 9.17) is 4.42 Å². The van der Waals surface area contributed by atoms with Crippen molar-refractivity contribution in [3.8, 4) is 11.3 Å². The Morgan fingerprint density at radius 1 is 1.13 bits per heavy atom. The minimum Gasteiger partial charge on any atom is -0.459 e. The van der Waals surface area contributed by atoms with E-state index in [1.54, 1.807) is 18.2 Å². The average molecular weight is 405 g/mol. The highest BCUT2D eigenvalue weighted by Gasteiger charge is 2.27. The van der Waals surface area contributed by atoms with Crippen LogP contribution < -0.4 is 0 Å². The Kier molecular flexibility index (Phi) is 5.97. The topological polar surface area (TPSA) is 62.8 Å². The molecule has 6 heteroatoms. The quantitative estimate of drug-likeness (QED) is 0.397. The van der Waals surface area contributed by atoms with Gasteiger partial charge in [-0.05, 0) is 62.8 Å². The smallest absolute Gasteiger partial charge is 0.280 e. The van der Waals surface area contributed by atoms with Crippen LogP contribution in [0.25, 0.3) is 11.3 Å². The van der Waals surface area contributed by atoms with Gasteiger partial charge in [0.05, 0.1) is 17.0 Å². The second-order valence-electron chi connectivity index (χ2n) is 8.15. The Morgan fingerprint density at radius 3 is 2.77 bits per heavy atom. The molecule has 0 aliphatic carbocycles. The Balaban J connectivity index is 1.52. The molecule has 1 aliphatic rings. The molecule has 156 valence electrons. The fraction of sp³-hybridized carbons (Fsp3) is 0.333. The van der Waals surface area contributed by atoms with Crippen LogP contribution in [0.2, 0.25) is 0 Å². The second kappa shape index (κ2) is 8.81. The zero-order valence-electron chi connectivity index (χ0n) is 17.5. The summed E-state index contributed by atoms with van der Waals surface area (Å²) in [6.07, 6.45) is 2.28. The van der Waals surface area contributed by atoms with E-state index < -0.39 is 0 Å². The minimum absolute atomic E-state index is 0.0650. The SMILES string of the molecule is CN(C)Cc1cccc(C2CCCN2Cc2ccc(-c3ccccc3[N+](=O)[O-])o2)c1. The first-order valence-corrected chi connectivity index (χ1v) is 10.3. The van der Waals surface area contributed by atoms with Crippen molar-refractivity contribution in [1.29, 1.82) is 0 Å². The van der Waals surface area contributed by atoms with Gasteiger partial charge in [-0.2, -0.15) is 0 Å². The average Bonchev–Trinajstić information content (AvgIpc) is 3.38. The standard InChI is InChI=1S/C24H27N3O3/c1-25(2)16-18-7-5-8-19(15-18)22-11-6-14-26(22)17-20-12-13-24(30-20)21-9-3-4-10-23(21)27(28)29/h3-5,7-10,12-13,15,22H,6,11,14,16-17H2,1-2H3. The molecule has 0 N–H and O–H groups in total. The lowest BCUT2D eigenvalue weighted by Gasteiger charge is -2.24. The van der Waals surface area contributed by atoms with Gasteiger partial charge in [0.15, 0.2) is 0 Å². The summed E-state index contributed by atoms with van der Waals surface area (Å²) in [4.78, 5) is 15.6. The maximum Gasteiger partial charge on any atom is 0.280 e. The molecule has 0 saturated carbocycles. The molecule has 0 spiro atoms. The predicted octanol–water partition coefficient (Wildman–Crippen LogP) is 5.25. The van der Waals surface area contributed by atoms with Crippen LogP contribution in [-0.2, 0) is 13.1 Å². The van der Waals surface area contributed by atoms with Gasteiger partial charge in [0.1, 0.15) is 11.5 Å². The fourth-order valence-corrected chi connectivity index (χ4v) is 4.31. The van der Waals surface area contributed by atoms with Gasteiger partial charge in [-0.1, -0.05) is 36.4 Å². The van der Waals surface area contributed by atoms with Gasteiger partial charge in [0.2, 0.25) is 0 Å². The van der Waals surface area contributed by atoms with E-state index >= 15 is 0 Å². The molecule has 1 unspecified atom stereocenters. The van der Waals surface area contributed by atoms with Gasteiger partial charge in [-0.25, -0.2) is 0 Å². The van der Waals surface area contributed by atoms with E-state index in [2.05, 4.69) is 48.2 Å². The molecule has 0 amide bonds. The molecule has 6 nitrogen and oxygen atoms in total. The first-order chi connectivity index (χ1) is 14.5. The second-order valence-corrected chi connectivity index (χ2v) is 8.15. The van der Waals surface area contributed by atoms with Crippen molar-refractivity contribution < 1.29 is 9.34 Å². The Bertz CT molecular complexity index is 1030. The van der Waals surface area contributed by atoms with Crippen molar-refractivity contribution >= 4 is 5.69 Å². The molecule has 3 aromatic rings. The molecular weight excluding hydrogens is 378 g/mol. The largest absolute Gasteiger partial charge is 0.459 e. The zero-order chi connectivity index (χ0) is 21.1. The number of nitro benzene ring substituents is 1. The van der Waals surface area contributed by atoms with E-state index in [1.807, 2.05) is 12.1 Å². The van der Waals surface area contributed by atoms with Gasteiger partial charge in [-0.3, -0.25) is 15.0 Å². The van der Waals surface area contributed by atoms with Gasteiger partial charge in [-0.15, -0.1) is 0 Å². The lowest BCUT2D eigenvalue weighted by Crippen LogP contribution is -2.22. The summed E-state index contributed by atoms with van der Waals surface area (Å²) in [6.45, 7) is 2.64. The van der Waals surface area contributed by atoms with E-state index in [0.29, 0.717) is 23.9 Å². The Labute approximate surface area is 176 Å². The summed E-state index contributed by atoms with van der Waals surface area (Å²) >= 11 is 0. The van der Waals surface area contributed by atoms with Crippen molar-refractivity contribution in [2.24, 2.45) is 0 Å². The number of para-hydroxylation sites is 1. The molecule has 1 aliphatic heterocycles. The van der Waals surface area contributed by atoms with Crippen LogP contribution in [0.15, 0.2) is 65.1 Å². The molecule has 4 rings (SSSR count). The number of hydrogen-bond acceptors (Lipinski definition) is 5. The van der Waals surface area contributed by atoms with E-state index in [-0.39, 0.29) is 10.6 Å². The molecule has 1 atom stereocenters. The number of benzene rings is 2. The number of likely N-dealkylation sites (tertiary alicyclic amines) is 1. The molecule has 30 heavy (non-hydrogen) atoms. The van der Waals surface area contributed by atoms with Gasteiger partial charge < -0.3 is 9.32 Å². The van der Waals surface area contributed by atoms with E-state index in [0.717, 1.165) is 31.7 Å².